The Morgan fingerprint density at radius 2 is 1.83 bits per heavy atom. The highest BCUT2D eigenvalue weighted by Crippen LogP contribution is 2.30. The summed E-state index contributed by atoms with van der Waals surface area (Å²) in [6, 6.07) is 9.45. The van der Waals surface area contributed by atoms with Crippen LogP contribution in [0.15, 0.2) is 36.5 Å². The Bertz CT molecular complexity index is 1290. The normalized spacial score (nSPS) is 14.2. The molecule has 0 spiro atoms. The van der Waals surface area contributed by atoms with E-state index in [2.05, 4.69) is 18.3 Å². The summed E-state index contributed by atoms with van der Waals surface area (Å²) in [4.78, 5) is 32.5. The largest absolute Gasteiger partial charge is 0.491 e. The molecular weight excluding hydrogens is 444 g/mol. The number of ether oxygens (including phenoxy) is 2. The quantitative estimate of drug-likeness (QED) is 0.587. The molecule has 8 heteroatoms. The van der Waals surface area contributed by atoms with E-state index in [0.29, 0.717) is 24.4 Å². The summed E-state index contributed by atoms with van der Waals surface area (Å²) in [5, 5.41) is 3.14. The smallest absolute Gasteiger partial charge is 0.410 e. The molecule has 0 radical (unpaired) electrons. The minimum absolute atomic E-state index is 0.264. The van der Waals surface area contributed by atoms with Crippen molar-refractivity contribution in [2.75, 3.05) is 13.2 Å². The van der Waals surface area contributed by atoms with E-state index in [9.17, 15) is 9.59 Å². The second kappa shape index (κ2) is 8.91. The first-order chi connectivity index (χ1) is 16.4. The van der Waals surface area contributed by atoms with Crippen molar-refractivity contribution in [2.24, 2.45) is 0 Å². The topological polar surface area (TPSA) is 85.2 Å². The number of hydrogen-bond donors (Lipinski definition) is 1. The van der Waals surface area contributed by atoms with Crippen LogP contribution in [0.5, 0.6) is 5.75 Å². The van der Waals surface area contributed by atoms with Gasteiger partial charge in [-0.15, -0.1) is 0 Å². The maximum Gasteiger partial charge on any atom is 0.410 e. The molecule has 1 N–H and O–H groups in total. The zero-order valence-electron chi connectivity index (χ0n) is 21.6. The Labute approximate surface area is 206 Å². The van der Waals surface area contributed by atoms with Gasteiger partial charge in [-0.05, 0) is 66.2 Å². The molecule has 1 aliphatic rings. The van der Waals surface area contributed by atoms with Crippen molar-refractivity contribution in [3.05, 3.63) is 64.7 Å². The summed E-state index contributed by atoms with van der Waals surface area (Å²) >= 11 is 0. The van der Waals surface area contributed by atoms with E-state index in [1.165, 1.54) is 0 Å². The number of para-hydroxylation sites is 1. The zero-order chi connectivity index (χ0) is 25.5. The van der Waals surface area contributed by atoms with E-state index in [1.807, 2.05) is 64.3 Å². The molecule has 3 heterocycles. The molecule has 0 bridgehead atoms. The van der Waals surface area contributed by atoms with Gasteiger partial charge in [0.1, 0.15) is 23.8 Å². The van der Waals surface area contributed by atoms with Gasteiger partial charge in [-0.1, -0.05) is 18.2 Å². The Morgan fingerprint density at radius 1 is 1.09 bits per heavy atom. The van der Waals surface area contributed by atoms with Crippen LogP contribution in [-0.4, -0.2) is 45.0 Å². The highest BCUT2D eigenvalue weighted by molar-refractivity contribution is 5.98. The van der Waals surface area contributed by atoms with Crippen LogP contribution in [0.4, 0.5) is 4.79 Å². The lowest BCUT2D eigenvalue weighted by molar-refractivity contribution is 0.0225. The molecule has 3 aromatic rings. The molecule has 0 saturated carbocycles. The van der Waals surface area contributed by atoms with Crippen molar-refractivity contribution >= 4 is 17.5 Å². The number of amides is 2. The monoisotopic (exact) mass is 478 g/mol. The third kappa shape index (κ3) is 4.97. The van der Waals surface area contributed by atoms with Gasteiger partial charge >= 0.3 is 6.09 Å². The molecule has 8 nitrogen and oxygen atoms in total. The molecule has 0 fully saturated rings. The van der Waals surface area contributed by atoms with E-state index in [4.69, 9.17) is 14.5 Å². The highest BCUT2D eigenvalue weighted by Gasteiger charge is 2.32. The SMILES string of the molecule is Cc1cccn2c(C(C)(C)NC(=O)c3cccc4c3OCCN(C(=O)OC(C)(C)C)C4)nc(C)c12. The molecule has 2 aromatic heterocycles. The minimum Gasteiger partial charge on any atom is -0.491 e. The van der Waals surface area contributed by atoms with Crippen LogP contribution in [0.2, 0.25) is 0 Å². The first-order valence-electron chi connectivity index (χ1n) is 11.9. The fourth-order valence-corrected chi connectivity index (χ4v) is 4.45. The Hall–Kier alpha value is -3.55. The van der Waals surface area contributed by atoms with Gasteiger partial charge in [0, 0.05) is 11.8 Å². The van der Waals surface area contributed by atoms with E-state index in [0.717, 1.165) is 28.2 Å². The summed E-state index contributed by atoms with van der Waals surface area (Å²) in [6.07, 6.45) is 1.57. The van der Waals surface area contributed by atoms with Gasteiger partial charge < -0.3 is 24.1 Å². The molecular formula is C27H34N4O4. The Kier molecular flexibility index (Phi) is 6.25. The number of benzene rings is 1. The van der Waals surface area contributed by atoms with Gasteiger partial charge in [-0.25, -0.2) is 9.78 Å². The van der Waals surface area contributed by atoms with E-state index >= 15 is 0 Å². The summed E-state index contributed by atoms with van der Waals surface area (Å²) in [5.41, 5.74) is 2.93. The molecule has 35 heavy (non-hydrogen) atoms. The zero-order valence-corrected chi connectivity index (χ0v) is 21.6. The highest BCUT2D eigenvalue weighted by atomic mass is 16.6. The maximum absolute atomic E-state index is 13.5. The van der Waals surface area contributed by atoms with Crippen molar-refractivity contribution in [1.82, 2.24) is 19.6 Å². The van der Waals surface area contributed by atoms with Crippen molar-refractivity contribution in [2.45, 2.75) is 66.2 Å². The van der Waals surface area contributed by atoms with E-state index < -0.39 is 17.2 Å². The number of aromatic nitrogens is 2. The number of hydrogen-bond acceptors (Lipinski definition) is 5. The van der Waals surface area contributed by atoms with Crippen LogP contribution in [0.25, 0.3) is 5.52 Å². The molecule has 0 aliphatic carbocycles. The average molecular weight is 479 g/mol. The number of nitrogens with zero attached hydrogens (tertiary/aromatic N) is 3. The lowest BCUT2D eigenvalue weighted by Crippen LogP contribution is -2.42. The van der Waals surface area contributed by atoms with Crippen LogP contribution < -0.4 is 10.1 Å². The van der Waals surface area contributed by atoms with E-state index in [1.54, 1.807) is 17.0 Å². The first kappa shape index (κ1) is 24.6. The molecule has 1 aromatic carbocycles. The van der Waals surface area contributed by atoms with Crippen LogP contribution in [-0.2, 0) is 16.8 Å². The Balaban J connectivity index is 1.61. The van der Waals surface area contributed by atoms with Gasteiger partial charge in [-0.2, -0.15) is 0 Å². The number of pyridine rings is 1. The third-order valence-corrected chi connectivity index (χ3v) is 5.99. The van der Waals surface area contributed by atoms with Crippen molar-refractivity contribution in [3.63, 3.8) is 0 Å². The number of carbonyl (C=O) groups is 2. The fraction of sp³-hybridized carbons (Fsp3) is 0.444. The molecule has 2 amide bonds. The second-order valence-electron chi connectivity index (χ2n) is 10.6. The average Bonchev–Trinajstić information content (AvgIpc) is 2.96. The fourth-order valence-electron chi connectivity index (χ4n) is 4.45. The third-order valence-electron chi connectivity index (χ3n) is 5.99. The Morgan fingerprint density at radius 3 is 2.54 bits per heavy atom. The van der Waals surface area contributed by atoms with Crippen LogP contribution >= 0.6 is 0 Å². The van der Waals surface area contributed by atoms with Crippen molar-refractivity contribution in [1.29, 1.82) is 0 Å². The molecule has 0 unspecified atom stereocenters. The van der Waals surface area contributed by atoms with Crippen molar-refractivity contribution < 1.29 is 19.1 Å². The predicted octanol–water partition coefficient (Wildman–Crippen LogP) is 4.75. The predicted molar refractivity (Wildman–Crippen MR) is 134 cm³/mol. The number of fused-ring (bicyclic) bond motifs is 2. The molecule has 4 rings (SSSR count). The number of imidazole rings is 1. The van der Waals surface area contributed by atoms with Gasteiger partial charge in [0.25, 0.3) is 5.91 Å². The standard InChI is InChI=1S/C27H34N4O4/c1-17-10-9-13-31-21(17)18(2)28-24(31)27(6,7)29-23(32)20-12-8-11-19-16-30(14-15-34-22(19)20)25(33)35-26(3,4)5/h8-13H,14-16H2,1-7H3,(H,29,32). The number of carbonyl (C=O) groups excluding carboxylic acids is 2. The van der Waals surface area contributed by atoms with E-state index in [-0.39, 0.29) is 12.5 Å². The molecule has 0 atom stereocenters. The summed E-state index contributed by atoms with van der Waals surface area (Å²) in [6.45, 7) is 14.4. The van der Waals surface area contributed by atoms with Crippen LogP contribution in [0, 0.1) is 13.8 Å². The maximum atomic E-state index is 13.5. The molecule has 1 aliphatic heterocycles. The summed E-state index contributed by atoms with van der Waals surface area (Å²) in [5.74, 6) is 0.979. The summed E-state index contributed by atoms with van der Waals surface area (Å²) < 4.78 is 13.6. The van der Waals surface area contributed by atoms with Crippen LogP contribution in [0.3, 0.4) is 0 Å². The first-order valence-corrected chi connectivity index (χ1v) is 11.9. The minimum atomic E-state index is -0.752. The molecule has 0 saturated heterocycles. The second-order valence-corrected chi connectivity index (χ2v) is 10.6. The number of aryl methyl sites for hydroxylation is 2. The summed E-state index contributed by atoms with van der Waals surface area (Å²) in [7, 11) is 0. The lowest BCUT2D eigenvalue weighted by atomic mass is 10.0. The lowest BCUT2D eigenvalue weighted by Gasteiger charge is -2.26. The van der Waals surface area contributed by atoms with Crippen molar-refractivity contribution in [3.8, 4) is 5.75 Å². The van der Waals surface area contributed by atoms with Crippen LogP contribution in [0.1, 0.15) is 67.6 Å². The van der Waals surface area contributed by atoms with Gasteiger partial charge in [0.15, 0.2) is 0 Å². The number of rotatable bonds is 3. The van der Waals surface area contributed by atoms with Gasteiger partial charge in [-0.3, -0.25) is 4.79 Å². The number of nitrogens with one attached hydrogen (secondary N) is 1. The van der Waals surface area contributed by atoms with Gasteiger partial charge in [0.2, 0.25) is 0 Å². The van der Waals surface area contributed by atoms with Gasteiger partial charge in [0.05, 0.1) is 35.4 Å². The molecule has 186 valence electrons.